The zero-order valence-electron chi connectivity index (χ0n) is 22.2. The van der Waals surface area contributed by atoms with Gasteiger partial charge >= 0.3 is 12.3 Å². The number of nitrogens with zero attached hydrogens (tertiary/aromatic N) is 2. The average molecular weight is 512 g/mol. The lowest BCUT2D eigenvalue weighted by molar-refractivity contribution is -0.137. The maximum atomic E-state index is 13.4. The third-order valence-corrected chi connectivity index (χ3v) is 7.07. The molecular formula is C27H40F3N3O3. The number of rotatable bonds is 7. The van der Waals surface area contributed by atoms with E-state index in [0.717, 1.165) is 32.0 Å². The molecule has 1 N–H and O–H groups in total. The Hall–Kier alpha value is -2.29. The van der Waals surface area contributed by atoms with E-state index in [4.69, 9.17) is 4.74 Å². The fourth-order valence-electron chi connectivity index (χ4n) is 5.40. The maximum Gasteiger partial charge on any atom is 0.416 e. The lowest BCUT2D eigenvalue weighted by Gasteiger charge is -2.32. The molecule has 9 heteroatoms. The van der Waals surface area contributed by atoms with Crippen LogP contribution >= 0.6 is 0 Å². The molecular weight excluding hydrogens is 471 g/mol. The van der Waals surface area contributed by atoms with Crippen LogP contribution in [0.25, 0.3) is 0 Å². The number of hydrogen-bond acceptors (Lipinski definition) is 4. The zero-order valence-corrected chi connectivity index (χ0v) is 22.2. The second kappa shape index (κ2) is 11.0. The van der Waals surface area contributed by atoms with E-state index >= 15 is 0 Å². The summed E-state index contributed by atoms with van der Waals surface area (Å²) >= 11 is 0. The molecule has 1 unspecified atom stereocenters. The Balaban J connectivity index is 1.63. The summed E-state index contributed by atoms with van der Waals surface area (Å²) in [4.78, 5) is 29.6. The monoisotopic (exact) mass is 511 g/mol. The molecule has 1 saturated heterocycles. The van der Waals surface area contributed by atoms with Crippen LogP contribution in [0.2, 0.25) is 0 Å². The van der Waals surface area contributed by atoms with Gasteiger partial charge in [0.2, 0.25) is 5.91 Å². The van der Waals surface area contributed by atoms with Crippen molar-refractivity contribution in [2.24, 2.45) is 17.8 Å². The van der Waals surface area contributed by atoms with Gasteiger partial charge in [0.1, 0.15) is 11.6 Å². The number of likely N-dealkylation sites (N-methyl/N-ethyl adjacent to an activating group) is 1. The van der Waals surface area contributed by atoms with Crippen LogP contribution in [0.15, 0.2) is 24.3 Å². The Labute approximate surface area is 212 Å². The van der Waals surface area contributed by atoms with Gasteiger partial charge in [0.25, 0.3) is 0 Å². The van der Waals surface area contributed by atoms with Crippen LogP contribution in [0.1, 0.15) is 65.0 Å². The van der Waals surface area contributed by atoms with Crippen molar-refractivity contribution in [3.05, 3.63) is 35.4 Å². The smallest absolute Gasteiger partial charge is 0.416 e. The lowest BCUT2D eigenvalue weighted by atomic mass is 9.96. The van der Waals surface area contributed by atoms with Crippen molar-refractivity contribution in [1.82, 2.24) is 15.1 Å². The van der Waals surface area contributed by atoms with Crippen molar-refractivity contribution in [2.45, 2.75) is 84.3 Å². The zero-order chi connectivity index (χ0) is 26.8. The molecule has 36 heavy (non-hydrogen) atoms. The predicted octanol–water partition coefficient (Wildman–Crippen LogP) is 5.31. The first-order valence-corrected chi connectivity index (χ1v) is 12.8. The second-order valence-electron chi connectivity index (χ2n) is 11.7. The Morgan fingerprint density at radius 3 is 2.47 bits per heavy atom. The van der Waals surface area contributed by atoms with Crippen LogP contribution in [0.5, 0.6) is 0 Å². The molecule has 1 heterocycles. The molecule has 0 spiro atoms. The fourth-order valence-corrected chi connectivity index (χ4v) is 5.40. The molecule has 3 rings (SSSR count). The summed E-state index contributed by atoms with van der Waals surface area (Å²) in [6.07, 6.45) is -2.54. The minimum atomic E-state index is -4.36. The Morgan fingerprint density at radius 1 is 1.17 bits per heavy atom. The summed E-state index contributed by atoms with van der Waals surface area (Å²) in [7, 11) is 1.60. The van der Waals surface area contributed by atoms with E-state index in [1.54, 1.807) is 33.9 Å². The summed E-state index contributed by atoms with van der Waals surface area (Å²) in [6, 6.07) is 4.84. The van der Waals surface area contributed by atoms with E-state index in [0.29, 0.717) is 24.4 Å². The van der Waals surface area contributed by atoms with E-state index in [9.17, 15) is 22.8 Å². The van der Waals surface area contributed by atoms with Crippen LogP contribution in [-0.2, 0) is 22.3 Å². The molecule has 1 aromatic carbocycles. The average Bonchev–Trinajstić information content (AvgIpc) is 3.30. The largest absolute Gasteiger partial charge is 0.444 e. The number of nitrogens with one attached hydrogen (secondary N) is 1. The van der Waals surface area contributed by atoms with Gasteiger partial charge in [-0.05, 0) is 69.4 Å². The number of hydrogen-bond donors (Lipinski definition) is 1. The number of fused-ring (bicyclic) bond motifs is 1. The minimum Gasteiger partial charge on any atom is -0.444 e. The summed E-state index contributed by atoms with van der Waals surface area (Å²) in [5.41, 5.74) is -0.647. The van der Waals surface area contributed by atoms with Gasteiger partial charge < -0.3 is 10.1 Å². The first-order valence-electron chi connectivity index (χ1n) is 12.8. The Morgan fingerprint density at radius 2 is 1.86 bits per heavy atom. The summed E-state index contributed by atoms with van der Waals surface area (Å²) in [6.45, 7) is 11.4. The molecule has 0 radical (unpaired) electrons. The van der Waals surface area contributed by atoms with E-state index in [1.807, 2.05) is 13.8 Å². The molecule has 1 aromatic rings. The van der Waals surface area contributed by atoms with Crippen molar-refractivity contribution >= 4 is 12.0 Å². The first-order chi connectivity index (χ1) is 16.6. The first kappa shape index (κ1) is 28.3. The molecule has 1 aliphatic carbocycles. The van der Waals surface area contributed by atoms with Crippen LogP contribution < -0.4 is 5.32 Å². The minimum absolute atomic E-state index is 0.0179. The topological polar surface area (TPSA) is 61.9 Å². The Bertz CT molecular complexity index is 929. The third kappa shape index (κ3) is 7.37. The van der Waals surface area contributed by atoms with Crippen molar-refractivity contribution in [3.8, 4) is 0 Å². The predicted molar refractivity (Wildman–Crippen MR) is 132 cm³/mol. The number of benzene rings is 1. The van der Waals surface area contributed by atoms with Crippen LogP contribution in [0.4, 0.5) is 18.0 Å². The van der Waals surface area contributed by atoms with E-state index in [2.05, 4.69) is 10.2 Å². The number of alkyl halides is 3. The van der Waals surface area contributed by atoms with Gasteiger partial charge in [-0.2, -0.15) is 13.2 Å². The number of carbonyl (C=O) groups excluding carboxylic acids is 2. The molecule has 2 aliphatic rings. The number of halogens is 3. The molecule has 0 aromatic heterocycles. The molecule has 202 valence electrons. The van der Waals surface area contributed by atoms with Crippen LogP contribution in [0, 0.1) is 17.8 Å². The Kier molecular flexibility index (Phi) is 8.63. The van der Waals surface area contributed by atoms with Gasteiger partial charge in [-0.25, -0.2) is 4.79 Å². The molecule has 2 amide bonds. The van der Waals surface area contributed by atoms with Gasteiger partial charge in [0.05, 0.1) is 5.56 Å². The van der Waals surface area contributed by atoms with Crippen molar-refractivity contribution in [1.29, 1.82) is 0 Å². The molecule has 4 atom stereocenters. The van der Waals surface area contributed by atoms with Gasteiger partial charge in [-0.1, -0.05) is 32.0 Å². The number of ether oxygens (including phenoxy) is 1. The normalized spacial score (nSPS) is 23.4. The highest BCUT2D eigenvalue weighted by Gasteiger charge is 2.44. The van der Waals surface area contributed by atoms with E-state index in [-0.39, 0.29) is 23.8 Å². The number of likely N-dealkylation sites (tertiary alicyclic amines) is 1. The van der Waals surface area contributed by atoms with Gasteiger partial charge in [0, 0.05) is 32.7 Å². The van der Waals surface area contributed by atoms with Gasteiger partial charge in [0.15, 0.2) is 0 Å². The van der Waals surface area contributed by atoms with E-state index < -0.39 is 29.5 Å². The van der Waals surface area contributed by atoms with Crippen molar-refractivity contribution in [3.63, 3.8) is 0 Å². The molecule has 6 nitrogen and oxygen atoms in total. The summed E-state index contributed by atoms with van der Waals surface area (Å²) in [5.74, 6) is 0.662. The number of amides is 2. The molecule has 1 saturated carbocycles. The second-order valence-corrected chi connectivity index (χ2v) is 11.7. The lowest BCUT2D eigenvalue weighted by Crippen LogP contribution is -2.52. The third-order valence-electron chi connectivity index (χ3n) is 7.07. The standard InChI is InChI=1S/C27H40F3N3O3/c1-17(2)12-23(32(6)25(35)36-26(3,4)5)24(34)31-22-11-10-19-15-33(16-21(19)22)14-18-8-7-9-20(13-18)27(28,29)30/h7-9,13,17,19,21-23H,10-12,14-16H2,1-6H3,(H,31,34)/t19-,21+,22+,23?/m1/s1. The number of carbonyl (C=O) groups is 2. The molecule has 1 aliphatic heterocycles. The van der Waals surface area contributed by atoms with Crippen LogP contribution in [-0.4, -0.2) is 59.6 Å². The SMILES string of the molecule is CC(C)CC(C(=O)N[C@H]1CC[C@@H]2CN(Cc3cccc(C(F)(F)F)c3)C[C@@H]21)N(C)C(=O)OC(C)(C)C. The highest BCUT2D eigenvalue weighted by Crippen LogP contribution is 2.39. The quantitative estimate of drug-likeness (QED) is 0.539. The highest BCUT2D eigenvalue weighted by atomic mass is 19.4. The van der Waals surface area contributed by atoms with Gasteiger partial charge in [-0.3, -0.25) is 14.6 Å². The fraction of sp³-hybridized carbons (Fsp3) is 0.704. The molecule has 2 fully saturated rings. The maximum absolute atomic E-state index is 13.4. The van der Waals surface area contributed by atoms with E-state index in [1.165, 1.54) is 17.0 Å². The highest BCUT2D eigenvalue weighted by molar-refractivity contribution is 5.86. The van der Waals surface area contributed by atoms with Gasteiger partial charge in [-0.15, -0.1) is 0 Å². The summed E-state index contributed by atoms with van der Waals surface area (Å²) in [5, 5.41) is 3.20. The molecule has 0 bridgehead atoms. The van der Waals surface area contributed by atoms with Crippen molar-refractivity contribution < 1.29 is 27.5 Å². The summed E-state index contributed by atoms with van der Waals surface area (Å²) < 4.78 is 44.7. The van der Waals surface area contributed by atoms with Crippen molar-refractivity contribution in [2.75, 3.05) is 20.1 Å². The van der Waals surface area contributed by atoms with Crippen LogP contribution in [0.3, 0.4) is 0 Å².